The summed E-state index contributed by atoms with van der Waals surface area (Å²) in [7, 11) is 0. The van der Waals surface area contributed by atoms with Gasteiger partial charge in [-0.25, -0.2) is 0 Å². The molecule has 1 amide bonds. The third-order valence-corrected chi connectivity index (χ3v) is 4.05. The molecule has 0 radical (unpaired) electrons. The third-order valence-electron chi connectivity index (χ3n) is 4.05. The van der Waals surface area contributed by atoms with Gasteiger partial charge in [-0.15, -0.1) is 0 Å². The van der Waals surface area contributed by atoms with E-state index in [-0.39, 0.29) is 23.6 Å². The van der Waals surface area contributed by atoms with Crippen LogP contribution in [0.5, 0.6) is 5.75 Å². The molecule has 3 unspecified atom stereocenters. The Morgan fingerprint density at radius 1 is 1.36 bits per heavy atom. The van der Waals surface area contributed by atoms with E-state index in [0.29, 0.717) is 12.0 Å². The fourth-order valence-corrected chi connectivity index (χ4v) is 2.92. The molecule has 0 spiro atoms. The van der Waals surface area contributed by atoms with E-state index in [1.54, 1.807) is 25.1 Å². The lowest BCUT2D eigenvalue weighted by Gasteiger charge is -2.27. The van der Waals surface area contributed by atoms with Gasteiger partial charge < -0.3 is 15.8 Å². The summed E-state index contributed by atoms with van der Waals surface area (Å²) in [5.74, 6) is -0.0884. The second-order valence-corrected chi connectivity index (χ2v) is 5.77. The highest BCUT2D eigenvalue weighted by Gasteiger charge is 2.27. The van der Waals surface area contributed by atoms with Crippen LogP contribution < -0.4 is 15.8 Å². The molecule has 0 saturated heterocycles. The SMILES string of the molecule is CC(NC(=O)C1CCCC(N)C1)c1ccccc1OC(F)F. The molecule has 1 aliphatic rings. The first-order chi connectivity index (χ1) is 10.5. The molecule has 2 rings (SSSR count). The molecule has 0 aliphatic heterocycles. The molecule has 3 N–H and O–H groups in total. The molecular weight excluding hydrogens is 290 g/mol. The predicted octanol–water partition coefficient (Wildman–Crippen LogP) is 2.98. The molecule has 6 heteroatoms. The smallest absolute Gasteiger partial charge is 0.387 e. The summed E-state index contributed by atoms with van der Waals surface area (Å²) < 4.78 is 29.4. The number of amides is 1. The van der Waals surface area contributed by atoms with Crippen molar-refractivity contribution in [2.75, 3.05) is 0 Å². The van der Waals surface area contributed by atoms with Crippen molar-refractivity contribution in [3.05, 3.63) is 29.8 Å². The first-order valence-corrected chi connectivity index (χ1v) is 7.57. The van der Waals surface area contributed by atoms with Crippen LogP contribution in [-0.4, -0.2) is 18.6 Å². The Kier molecular flexibility index (Phi) is 5.71. The first-order valence-electron chi connectivity index (χ1n) is 7.57. The van der Waals surface area contributed by atoms with Gasteiger partial charge in [0.25, 0.3) is 0 Å². The van der Waals surface area contributed by atoms with Crippen molar-refractivity contribution in [1.82, 2.24) is 5.32 Å². The van der Waals surface area contributed by atoms with Crippen molar-refractivity contribution in [3.8, 4) is 5.75 Å². The maximum atomic E-state index is 12.4. The predicted molar refractivity (Wildman–Crippen MR) is 79.6 cm³/mol. The zero-order chi connectivity index (χ0) is 16.1. The Morgan fingerprint density at radius 3 is 2.77 bits per heavy atom. The van der Waals surface area contributed by atoms with E-state index in [9.17, 15) is 13.6 Å². The number of rotatable bonds is 5. The molecule has 122 valence electrons. The van der Waals surface area contributed by atoms with Gasteiger partial charge in [0.05, 0.1) is 6.04 Å². The van der Waals surface area contributed by atoms with Crippen LogP contribution in [0.25, 0.3) is 0 Å². The lowest BCUT2D eigenvalue weighted by atomic mass is 9.85. The van der Waals surface area contributed by atoms with Crippen LogP contribution in [0.1, 0.15) is 44.2 Å². The molecule has 1 fully saturated rings. The number of para-hydroxylation sites is 1. The number of hydrogen-bond donors (Lipinski definition) is 2. The van der Waals surface area contributed by atoms with Crippen molar-refractivity contribution < 1.29 is 18.3 Å². The molecule has 0 bridgehead atoms. The highest BCUT2D eigenvalue weighted by Crippen LogP contribution is 2.28. The first kappa shape index (κ1) is 16.7. The zero-order valence-electron chi connectivity index (χ0n) is 12.6. The Hall–Kier alpha value is -1.69. The van der Waals surface area contributed by atoms with E-state index in [4.69, 9.17) is 5.73 Å². The van der Waals surface area contributed by atoms with Crippen molar-refractivity contribution in [2.45, 2.75) is 51.3 Å². The van der Waals surface area contributed by atoms with E-state index in [0.717, 1.165) is 19.3 Å². The molecule has 3 atom stereocenters. The monoisotopic (exact) mass is 312 g/mol. The molecule has 0 aromatic heterocycles. The van der Waals surface area contributed by atoms with Gasteiger partial charge in [-0.1, -0.05) is 24.6 Å². The van der Waals surface area contributed by atoms with Gasteiger partial charge in [0.2, 0.25) is 5.91 Å². The highest BCUT2D eigenvalue weighted by atomic mass is 19.3. The summed E-state index contributed by atoms with van der Waals surface area (Å²) in [5.41, 5.74) is 6.44. The summed E-state index contributed by atoms with van der Waals surface area (Å²) in [6.07, 6.45) is 3.39. The van der Waals surface area contributed by atoms with E-state index in [2.05, 4.69) is 10.1 Å². The fraction of sp³-hybridized carbons (Fsp3) is 0.562. The molecule has 22 heavy (non-hydrogen) atoms. The molecule has 1 aliphatic carbocycles. The standard InChI is InChI=1S/C16H22F2N2O2/c1-10(13-7-2-3-8-14(13)22-16(17)18)20-15(21)11-5-4-6-12(19)9-11/h2-3,7-8,10-12,16H,4-6,9,19H2,1H3,(H,20,21). The Labute approximate surface area is 129 Å². The number of nitrogens with one attached hydrogen (secondary N) is 1. The average Bonchev–Trinajstić information content (AvgIpc) is 2.47. The fourth-order valence-electron chi connectivity index (χ4n) is 2.92. The maximum Gasteiger partial charge on any atom is 0.387 e. The van der Waals surface area contributed by atoms with Crippen molar-refractivity contribution in [3.63, 3.8) is 0 Å². The van der Waals surface area contributed by atoms with Crippen LogP contribution in [0, 0.1) is 5.92 Å². The molecule has 1 saturated carbocycles. The van der Waals surface area contributed by atoms with Crippen LogP contribution in [0.3, 0.4) is 0 Å². The molecule has 4 nitrogen and oxygen atoms in total. The largest absolute Gasteiger partial charge is 0.434 e. The van der Waals surface area contributed by atoms with Gasteiger partial charge in [-0.05, 0) is 32.3 Å². The van der Waals surface area contributed by atoms with Crippen LogP contribution >= 0.6 is 0 Å². The molecule has 0 heterocycles. The van der Waals surface area contributed by atoms with Gasteiger partial charge >= 0.3 is 6.61 Å². The maximum absolute atomic E-state index is 12.4. The number of ether oxygens (including phenoxy) is 1. The second kappa shape index (κ2) is 7.54. The van der Waals surface area contributed by atoms with Gasteiger partial charge in [0.15, 0.2) is 0 Å². The number of carbonyl (C=O) groups is 1. The molecular formula is C16H22F2N2O2. The minimum Gasteiger partial charge on any atom is -0.434 e. The van der Waals surface area contributed by atoms with E-state index >= 15 is 0 Å². The van der Waals surface area contributed by atoms with Crippen LogP contribution in [0.2, 0.25) is 0 Å². The normalized spacial score (nSPS) is 23.1. The minimum atomic E-state index is -2.89. The van der Waals surface area contributed by atoms with Crippen LogP contribution in [0.4, 0.5) is 8.78 Å². The van der Waals surface area contributed by atoms with Crippen LogP contribution in [-0.2, 0) is 4.79 Å². The number of benzene rings is 1. The summed E-state index contributed by atoms with van der Waals surface area (Å²) in [6.45, 7) is -1.13. The van der Waals surface area contributed by atoms with Crippen LogP contribution in [0.15, 0.2) is 24.3 Å². The number of halogens is 2. The second-order valence-electron chi connectivity index (χ2n) is 5.77. The van der Waals surface area contributed by atoms with E-state index in [1.165, 1.54) is 6.07 Å². The Balaban J connectivity index is 2.02. The third kappa shape index (κ3) is 4.40. The van der Waals surface area contributed by atoms with E-state index in [1.807, 2.05) is 0 Å². The Morgan fingerprint density at radius 2 is 2.09 bits per heavy atom. The topological polar surface area (TPSA) is 64.4 Å². The van der Waals surface area contributed by atoms with E-state index < -0.39 is 12.7 Å². The minimum absolute atomic E-state index is 0.0641. The average molecular weight is 312 g/mol. The highest BCUT2D eigenvalue weighted by molar-refractivity contribution is 5.79. The molecule has 1 aromatic carbocycles. The Bertz CT molecular complexity index is 511. The summed E-state index contributed by atoms with van der Waals surface area (Å²) in [4.78, 5) is 12.3. The number of alkyl halides is 2. The van der Waals surface area contributed by atoms with Gasteiger partial charge in [-0.2, -0.15) is 8.78 Å². The lowest BCUT2D eigenvalue weighted by Crippen LogP contribution is -2.38. The lowest BCUT2D eigenvalue weighted by molar-refractivity contribution is -0.126. The molecule has 1 aromatic rings. The van der Waals surface area contributed by atoms with Gasteiger partial charge in [0, 0.05) is 17.5 Å². The summed E-state index contributed by atoms with van der Waals surface area (Å²) in [6, 6.07) is 6.16. The number of nitrogens with two attached hydrogens (primary N) is 1. The number of hydrogen-bond acceptors (Lipinski definition) is 3. The van der Waals surface area contributed by atoms with Crippen molar-refractivity contribution in [2.24, 2.45) is 11.7 Å². The zero-order valence-corrected chi connectivity index (χ0v) is 12.6. The quantitative estimate of drug-likeness (QED) is 0.878. The van der Waals surface area contributed by atoms with Crippen molar-refractivity contribution >= 4 is 5.91 Å². The van der Waals surface area contributed by atoms with Gasteiger partial charge in [-0.3, -0.25) is 4.79 Å². The number of carbonyl (C=O) groups excluding carboxylic acids is 1. The summed E-state index contributed by atoms with van der Waals surface area (Å²) >= 11 is 0. The summed E-state index contributed by atoms with van der Waals surface area (Å²) in [5, 5.41) is 2.88. The van der Waals surface area contributed by atoms with Gasteiger partial charge in [0.1, 0.15) is 5.75 Å². The van der Waals surface area contributed by atoms with Crippen molar-refractivity contribution in [1.29, 1.82) is 0 Å².